The maximum absolute atomic E-state index is 9.36. The third-order valence-corrected chi connectivity index (χ3v) is 5.50. The van der Waals surface area contributed by atoms with E-state index in [9.17, 15) is 5.26 Å². The first-order valence-electron chi connectivity index (χ1n) is 9.57. The van der Waals surface area contributed by atoms with Gasteiger partial charge < -0.3 is 10.5 Å². The Morgan fingerprint density at radius 2 is 1.90 bits per heavy atom. The zero-order valence-electron chi connectivity index (χ0n) is 16.5. The Morgan fingerprint density at radius 3 is 2.60 bits per heavy atom. The number of nitrogens with two attached hydrogens (primary N) is 1. The minimum Gasteiger partial charge on any atom is -0.438 e. The Labute approximate surface area is 179 Å². The minimum atomic E-state index is 0.446. The van der Waals surface area contributed by atoms with E-state index in [-0.39, 0.29) is 0 Å². The van der Waals surface area contributed by atoms with Crippen molar-refractivity contribution in [2.24, 2.45) is 5.73 Å². The van der Waals surface area contributed by atoms with Gasteiger partial charge in [0.15, 0.2) is 0 Å². The smallest absolute Gasteiger partial charge is 0.223 e. The zero-order chi connectivity index (χ0) is 20.9. The van der Waals surface area contributed by atoms with E-state index < -0.39 is 0 Å². The van der Waals surface area contributed by atoms with E-state index in [2.05, 4.69) is 28.2 Å². The molecule has 2 heterocycles. The number of nitriles is 1. The number of nitrogens with zero attached hydrogens (tertiary/aromatic N) is 3. The number of benzene rings is 2. The third kappa shape index (κ3) is 4.38. The molecule has 6 heteroatoms. The topological polar surface area (TPSA) is 84.8 Å². The van der Waals surface area contributed by atoms with Gasteiger partial charge in [0.2, 0.25) is 5.88 Å². The molecule has 30 heavy (non-hydrogen) atoms. The number of hydrogen-bond donors (Lipinski definition) is 1. The van der Waals surface area contributed by atoms with Crippen LogP contribution in [0.3, 0.4) is 0 Å². The normalized spacial score (nSPS) is 10.6. The van der Waals surface area contributed by atoms with Crippen LogP contribution < -0.4 is 10.5 Å². The summed E-state index contributed by atoms with van der Waals surface area (Å²) in [4.78, 5) is 10.0. The standard InChI is InChI=1S/C24H20N4OS/c1-16-27-21(23-3-2-12-30-23)14-24(28-16)29-22-13-18(15-26)6-9-20(22)19-7-4-17(5-8-19)10-11-25/h2-9,12-14H,10-11,25H2,1H3. The average Bonchev–Trinajstić information content (AvgIpc) is 3.29. The van der Waals surface area contributed by atoms with Gasteiger partial charge in [0, 0.05) is 11.6 Å². The molecule has 0 saturated carbocycles. The van der Waals surface area contributed by atoms with E-state index in [0.717, 1.165) is 28.1 Å². The van der Waals surface area contributed by atoms with Crippen LogP contribution >= 0.6 is 11.3 Å². The van der Waals surface area contributed by atoms with E-state index in [1.54, 1.807) is 23.5 Å². The first kappa shape index (κ1) is 19.8. The van der Waals surface area contributed by atoms with Gasteiger partial charge in [-0.1, -0.05) is 30.3 Å². The third-order valence-electron chi connectivity index (χ3n) is 4.61. The van der Waals surface area contributed by atoms with Crippen LogP contribution in [0.15, 0.2) is 66.0 Å². The van der Waals surface area contributed by atoms with Gasteiger partial charge in [-0.15, -0.1) is 11.3 Å². The molecule has 0 aliphatic carbocycles. The summed E-state index contributed by atoms with van der Waals surface area (Å²) < 4.78 is 6.19. The van der Waals surface area contributed by atoms with Crippen molar-refractivity contribution in [1.82, 2.24) is 9.97 Å². The lowest BCUT2D eigenvalue weighted by Crippen LogP contribution is -2.02. The van der Waals surface area contributed by atoms with Crippen LogP contribution in [0.1, 0.15) is 17.0 Å². The summed E-state index contributed by atoms with van der Waals surface area (Å²) in [5.41, 5.74) is 10.1. The SMILES string of the molecule is Cc1nc(Oc2cc(C#N)ccc2-c2ccc(CCN)cc2)cc(-c2cccs2)n1. The van der Waals surface area contributed by atoms with Crippen LogP contribution in [0, 0.1) is 18.3 Å². The number of rotatable bonds is 6. The van der Waals surface area contributed by atoms with E-state index in [4.69, 9.17) is 10.5 Å². The molecular weight excluding hydrogens is 392 g/mol. The Kier molecular flexibility index (Phi) is 5.84. The highest BCUT2D eigenvalue weighted by Crippen LogP contribution is 2.35. The average molecular weight is 413 g/mol. The molecule has 4 aromatic rings. The van der Waals surface area contributed by atoms with Crippen LogP contribution in [-0.2, 0) is 6.42 Å². The number of aryl methyl sites for hydroxylation is 1. The largest absolute Gasteiger partial charge is 0.438 e. The summed E-state index contributed by atoms with van der Waals surface area (Å²) in [5.74, 6) is 1.65. The lowest BCUT2D eigenvalue weighted by molar-refractivity contribution is 0.461. The van der Waals surface area contributed by atoms with Crippen molar-refractivity contribution in [2.75, 3.05) is 6.54 Å². The van der Waals surface area contributed by atoms with Gasteiger partial charge in [0.05, 0.1) is 22.2 Å². The highest BCUT2D eigenvalue weighted by atomic mass is 32.1. The fourth-order valence-electron chi connectivity index (χ4n) is 3.19. The molecule has 0 aliphatic heterocycles. The summed E-state index contributed by atoms with van der Waals surface area (Å²) in [5, 5.41) is 11.4. The van der Waals surface area contributed by atoms with Crippen LogP contribution in [0.25, 0.3) is 21.7 Å². The lowest BCUT2D eigenvalue weighted by atomic mass is 10.0. The van der Waals surface area contributed by atoms with Crippen molar-refractivity contribution >= 4 is 11.3 Å². The Balaban J connectivity index is 1.73. The molecule has 4 rings (SSSR count). The number of hydrogen-bond acceptors (Lipinski definition) is 6. The van der Waals surface area contributed by atoms with Gasteiger partial charge in [-0.05, 0) is 60.7 Å². The van der Waals surface area contributed by atoms with Gasteiger partial charge in [0.1, 0.15) is 11.6 Å². The predicted molar refractivity (Wildman–Crippen MR) is 120 cm³/mol. The fraction of sp³-hybridized carbons (Fsp3) is 0.125. The maximum Gasteiger partial charge on any atom is 0.223 e. The first-order valence-corrected chi connectivity index (χ1v) is 10.4. The fourth-order valence-corrected chi connectivity index (χ4v) is 3.87. The number of aromatic nitrogens is 2. The molecule has 0 atom stereocenters. The molecule has 5 nitrogen and oxygen atoms in total. The lowest BCUT2D eigenvalue weighted by Gasteiger charge is -2.13. The monoisotopic (exact) mass is 412 g/mol. The van der Waals surface area contributed by atoms with Gasteiger partial charge in [-0.2, -0.15) is 10.2 Å². The van der Waals surface area contributed by atoms with Crippen molar-refractivity contribution in [2.45, 2.75) is 13.3 Å². The van der Waals surface area contributed by atoms with Crippen LogP contribution in [-0.4, -0.2) is 16.5 Å². The molecule has 0 spiro atoms. The molecular formula is C24H20N4OS. The predicted octanol–water partition coefficient (Wildman–Crippen LogP) is 5.35. The highest BCUT2D eigenvalue weighted by molar-refractivity contribution is 7.13. The van der Waals surface area contributed by atoms with E-state index >= 15 is 0 Å². The van der Waals surface area contributed by atoms with Gasteiger partial charge in [-0.25, -0.2) is 4.98 Å². The zero-order valence-corrected chi connectivity index (χ0v) is 17.3. The first-order chi connectivity index (χ1) is 14.7. The molecule has 0 saturated heterocycles. The molecule has 2 aromatic carbocycles. The summed E-state index contributed by atoms with van der Waals surface area (Å²) in [6.45, 7) is 2.46. The molecule has 2 N–H and O–H groups in total. The Bertz CT molecular complexity index is 1200. The van der Waals surface area contributed by atoms with E-state index in [1.807, 2.05) is 48.7 Å². The van der Waals surface area contributed by atoms with Gasteiger partial charge in [0.25, 0.3) is 0 Å². The van der Waals surface area contributed by atoms with Crippen molar-refractivity contribution in [3.05, 3.63) is 83.0 Å². The quantitative estimate of drug-likeness (QED) is 0.462. The van der Waals surface area contributed by atoms with Crippen molar-refractivity contribution < 1.29 is 4.74 Å². The molecule has 0 aliphatic rings. The molecule has 0 unspecified atom stereocenters. The van der Waals surface area contributed by atoms with E-state index in [1.165, 1.54) is 5.56 Å². The molecule has 148 valence electrons. The molecule has 0 amide bonds. The highest BCUT2D eigenvalue weighted by Gasteiger charge is 2.12. The molecule has 0 fully saturated rings. The van der Waals surface area contributed by atoms with Crippen molar-refractivity contribution in [1.29, 1.82) is 5.26 Å². The van der Waals surface area contributed by atoms with Crippen LogP contribution in [0.4, 0.5) is 0 Å². The summed E-state index contributed by atoms with van der Waals surface area (Å²) in [6.07, 6.45) is 0.836. The summed E-state index contributed by atoms with van der Waals surface area (Å²) in [6, 6.07) is 21.7. The summed E-state index contributed by atoms with van der Waals surface area (Å²) in [7, 11) is 0. The second-order valence-corrected chi connectivity index (χ2v) is 7.72. The van der Waals surface area contributed by atoms with E-state index in [0.29, 0.717) is 29.6 Å². The van der Waals surface area contributed by atoms with Crippen molar-refractivity contribution in [3.8, 4) is 39.4 Å². The van der Waals surface area contributed by atoms with Gasteiger partial charge in [-0.3, -0.25) is 0 Å². The number of thiophene rings is 1. The summed E-state index contributed by atoms with van der Waals surface area (Å²) >= 11 is 1.61. The Morgan fingerprint density at radius 1 is 1.07 bits per heavy atom. The maximum atomic E-state index is 9.36. The van der Waals surface area contributed by atoms with Crippen molar-refractivity contribution in [3.63, 3.8) is 0 Å². The second kappa shape index (κ2) is 8.87. The van der Waals surface area contributed by atoms with Gasteiger partial charge >= 0.3 is 0 Å². The molecule has 2 aromatic heterocycles. The number of ether oxygens (including phenoxy) is 1. The van der Waals surface area contributed by atoms with Crippen LogP contribution in [0.5, 0.6) is 11.6 Å². The molecule has 0 bridgehead atoms. The Hall–Kier alpha value is -3.53. The molecule has 0 radical (unpaired) electrons. The van der Waals surface area contributed by atoms with Crippen LogP contribution in [0.2, 0.25) is 0 Å². The second-order valence-electron chi connectivity index (χ2n) is 6.78. The minimum absolute atomic E-state index is 0.446.